The van der Waals surface area contributed by atoms with Crippen molar-refractivity contribution in [2.75, 3.05) is 0 Å². The Morgan fingerprint density at radius 3 is 2.56 bits per heavy atom. The summed E-state index contributed by atoms with van der Waals surface area (Å²) in [6.07, 6.45) is -0.0376. The number of halogens is 2. The van der Waals surface area contributed by atoms with Gasteiger partial charge in [-0.15, -0.1) is 0 Å². The SMILES string of the molecule is CCCC(O)C(O)Cc1ccc(F)cc1Cl. The highest BCUT2D eigenvalue weighted by atomic mass is 35.5. The van der Waals surface area contributed by atoms with Gasteiger partial charge in [-0.3, -0.25) is 0 Å². The lowest BCUT2D eigenvalue weighted by Crippen LogP contribution is -2.27. The van der Waals surface area contributed by atoms with Crippen LogP contribution in [-0.2, 0) is 6.42 Å². The molecule has 1 aromatic carbocycles. The molecule has 2 N–H and O–H groups in total. The second-order valence-electron chi connectivity index (χ2n) is 3.86. The van der Waals surface area contributed by atoms with Gasteiger partial charge in [-0.2, -0.15) is 0 Å². The number of hydrogen-bond donors (Lipinski definition) is 2. The summed E-state index contributed by atoms with van der Waals surface area (Å²) in [5.74, 6) is -0.405. The van der Waals surface area contributed by atoms with Crippen LogP contribution in [0.3, 0.4) is 0 Å². The Morgan fingerprint density at radius 1 is 1.31 bits per heavy atom. The van der Waals surface area contributed by atoms with Gasteiger partial charge in [-0.25, -0.2) is 4.39 Å². The minimum Gasteiger partial charge on any atom is -0.390 e. The van der Waals surface area contributed by atoms with Crippen LogP contribution >= 0.6 is 11.6 Å². The quantitative estimate of drug-likeness (QED) is 0.838. The van der Waals surface area contributed by atoms with Gasteiger partial charge in [0.15, 0.2) is 0 Å². The van der Waals surface area contributed by atoms with E-state index in [0.717, 1.165) is 6.42 Å². The predicted octanol–water partition coefficient (Wildman–Crippen LogP) is 2.54. The third-order valence-electron chi connectivity index (χ3n) is 2.47. The standard InChI is InChI=1S/C12H16ClFO2/c1-2-3-11(15)12(16)6-8-4-5-9(14)7-10(8)13/h4-5,7,11-12,15-16H,2-3,6H2,1H3. The van der Waals surface area contributed by atoms with E-state index >= 15 is 0 Å². The molecular weight excluding hydrogens is 231 g/mol. The third-order valence-corrected chi connectivity index (χ3v) is 2.82. The smallest absolute Gasteiger partial charge is 0.124 e. The number of hydrogen-bond acceptors (Lipinski definition) is 2. The van der Waals surface area contributed by atoms with E-state index in [1.807, 2.05) is 6.92 Å². The van der Waals surface area contributed by atoms with E-state index in [1.165, 1.54) is 18.2 Å². The van der Waals surface area contributed by atoms with Crippen LogP contribution < -0.4 is 0 Å². The van der Waals surface area contributed by atoms with Gasteiger partial charge in [0, 0.05) is 11.4 Å². The Kier molecular flexibility index (Phi) is 5.19. The highest BCUT2D eigenvalue weighted by Gasteiger charge is 2.17. The van der Waals surface area contributed by atoms with Crippen molar-refractivity contribution in [1.82, 2.24) is 0 Å². The second-order valence-corrected chi connectivity index (χ2v) is 4.27. The molecule has 16 heavy (non-hydrogen) atoms. The maximum Gasteiger partial charge on any atom is 0.124 e. The molecule has 1 aromatic rings. The summed E-state index contributed by atoms with van der Waals surface area (Å²) in [6, 6.07) is 4.02. The van der Waals surface area contributed by atoms with Crippen molar-refractivity contribution in [1.29, 1.82) is 0 Å². The van der Waals surface area contributed by atoms with Gasteiger partial charge in [0.1, 0.15) is 5.82 Å². The highest BCUT2D eigenvalue weighted by molar-refractivity contribution is 6.31. The number of benzene rings is 1. The Hall–Kier alpha value is -0.640. The zero-order valence-electron chi connectivity index (χ0n) is 9.16. The summed E-state index contributed by atoms with van der Waals surface area (Å²) in [7, 11) is 0. The van der Waals surface area contributed by atoms with Gasteiger partial charge >= 0.3 is 0 Å². The van der Waals surface area contributed by atoms with Crippen LogP contribution in [0, 0.1) is 5.82 Å². The fourth-order valence-corrected chi connectivity index (χ4v) is 1.78. The van der Waals surface area contributed by atoms with E-state index in [4.69, 9.17) is 11.6 Å². The lowest BCUT2D eigenvalue weighted by molar-refractivity contribution is 0.0148. The van der Waals surface area contributed by atoms with Gasteiger partial charge in [0.05, 0.1) is 12.2 Å². The van der Waals surface area contributed by atoms with Crippen molar-refractivity contribution in [3.8, 4) is 0 Å². The van der Waals surface area contributed by atoms with Crippen LogP contribution in [0.2, 0.25) is 5.02 Å². The Balaban J connectivity index is 2.65. The number of aliphatic hydroxyl groups excluding tert-OH is 2. The van der Waals surface area contributed by atoms with Crippen molar-refractivity contribution in [3.05, 3.63) is 34.6 Å². The third kappa shape index (κ3) is 3.74. The summed E-state index contributed by atoms with van der Waals surface area (Å²) >= 11 is 5.82. The summed E-state index contributed by atoms with van der Waals surface area (Å²) in [5.41, 5.74) is 0.644. The van der Waals surface area contributed by atoms with Crippen molar-refractivity contribution < 1.29 is 14.6 Å². The van der Waals surface area contributed by atoms with E-state index in [2.05, 4.69) is 0 Å². The maximum absolute atomic E-state index is 12.8. The minimum absolute atomic E-state index is 0.236. The molecular formula is C12H16ClFO2. The topological polar surface area (TPSA) is 40.5 Å². The largest absolute Gasteiger partial charge is 0.390 e. The van der Waals surface area contributed by atoms with Crippen LogP contribution in [0.5, 0.6) is 0 Å². The molecule has 0 aromatic heterocycles. The van der Waals surface area contributed by atoms with E-state index in [1.54, 1.807) is 0 Å². The second kappa shape index (κ2) is 6.18. The summed E-state index contributed by atoms with van der Waals surface area (Å²) in [4.78, 5) is 0. The van der Waals surface area contributed by atoms with Gasteiger partial charge < -0.3 is 10.2 Å². The highest BCUT2D eigenvalue weighted by Crippen LogP contribution is 2.20. The van der Waals surface area contributed by atoms with Crippen molar-refractivity contribution in [3.63, 3.8) is 0 Å². The van der Waals surface area contributed by atoms with Crippen LogP contribution in [0.1, 0.15) is 25.3 Å². The molecule has 4 heteroatoms. The normalized spacial score (nSPS) is 14.8. The zero-order valence-corrected chi connectivity index (χ0v) is 9.91. The Bertz CT molecular complexity index is 344. The molecule has 0 spiro atoms. The zero-order chi connectivity index (χ0) is 12.1. The average Bonchev–Trinajstić information content (AvgIpc) is 2.22. The van der Waals surface area contributed by atoms with Crippen LogP contribution in [-0.4, -0.2) is 22.4 Å². The molecule has 0 heterocycles. The summed E-state index contributed by atoms with van der Waals surface area (Å²) in [6.45, 7) is 1.93. The van der Waals surface area contributed by atoms with Gasteiger partial charge in [-0.1, -0.05) is 31.0 Å². The van der Waals surface area contributed by atoms with Crippen LogP contribution in [0.4, 0.5) is 4.39 Å². The monoisotopic (exact) mass is 246 g/mol. The van der Waals surface area contributed by atoms with Crippen LogP contribution in [0.25, 0.3) is 0 Å². The molecule has 0 amide bonds. The predicted molar refractivity (Wildman–Crippen MR) is 62.0 cm³/mol. The molecule has 0 aliphatic carbocycles. The Morgan fingerprint density at radius 2 is 2.00 bits per heavy atom. The van der Waals surface area contributed by atoms with Crippen molar-refractivity contribution >= 4 is 11.6 Å². The Labute approximate surface area is 99.7 Å². The lowest BCUT2D eigenvalue weighted by atomic mass is 10.0. The first-order valence-corrected chi connectivity index (χ1v) is 5.72. The average molecular weight is 247 g/mol. The number of rotatable bonds is 5. The molecule has 0 bridgehead atoms. The molecule has 2 unspecified atom stereocenters. The van der Waals surface area contributed by atoms with Gasteiger partial charge in [0.25, 0.3) is 0 Å². The summed E-state index contributed by atoms with van der Waals surface area (Å²) < 4.78 is 12.8. The molecule has 0 radical (unpaired) electrons. The number of aliphatic hydroxyl groups is 2. The molecule has 90 valence electrons. The molecule has 2 nitrogen and oxygen atoms in total. The van der Waals surface area contributed by atoms with Crippen molar-refractivity contribution in [2.24, 2.45) is 0 Å². The molecule has 1 rings (SSSR count). The lowest BCUT2D eigenvalue weighted by Gasteiger charge is -2.17. The fraction of sp³-hybridized carbons (Fsp3) is 0.500. The first kappa shape index (κ1) is 13.4. The molecule has 0 saturated heterocycles. The fourth-order valence-electron chi connectivity index (χ4n) is 1.54. The first-order valence-electron chi connectivity index (χ1n) is 5.34. The van der Waals surface area contributed by atoms with E-state index < -0.39 is 18.0 Å². The summed E-state index contributed by atoms with van der Waals surface area (Å²) in [5, 5.41) is 19.5. The molecule has 0 aliphatic rings. The van der Waals surface area contributed by atoms with E-state index in [0.29, 0.717) is 12.0 Å². The van der Waals surface area contributed by atoms with E-state index in [-0.39, 0.29) is 11.4 Å². The van der Waals surface area contributed by atoms with Gasteiger partial charge in [-0.05, 0) is 24.1 Å². The first-order chi connectivity index (χ1) is 7.54. The van der Waals surface area contributed by atoms with Crippen LogP contribution in [0.15, 0.2) is 18.2 Å². The van der Waals surface area contributed by atoms with Gasteiger partial charge in [0.2, 0.25) is 0 Å². The maximum atomic E-state index is 12.8. The van der Waals surface area contributed by atoms with Crippen molar-refractivity contribution in [2.45, 2.75) is 38.4 Å². The molecule has 2 atom stereocenters. The molecule has 0 saturated carbocycles. The molecule has 0 fully saturated rings. The minimum atomic E-state index is -0.858. The van der Waals surface area contributed by atoms with E-state index in [9.17, 15) is 14.6 Å². The molecule has 0 aliphatic heterocycles.